The number of fused-ring (bicyclic) bond motifs is 1. The zero-order chi connectivity index (χ0) is 11.2. The average Bonchev–Trinajstić information content (AvgIpc) is 2.40. The maximum absolute atomic E-state index is 13.4. The van der Waals surface area contributed by atoms with Crippen molar-refractivity contribution in [1.29, 1.82) is 0 Å². The molecular formula is C10H9FO3S. The highest BCUT2D eigenvalue weighted by atomic mass is 32.2. The van der Waals surface area contributed by atoms with Crippen LogP contribution in [0.3, 0.4) is 0 Å². The molecule has 0 spiro atoms. The van der Waals surface area contributed by atoms with Crippen molar-refractivity contribution >= 4 is 15.6 Å². The Kier molecular flexibility index (Phi) is 2.15. The number of hydrogen-bond acceptors (Lipinski definition) is 3. The highest BCUT2D eigenvalue weighted by Gasteiger charge is 2.39. The van der Waals surface area contributed by atoms with E-state index >= 15 is 0 Å². The maximum Gasteiger partial charge on any atom is 0.179 e. The first-order valence-corrected chi connectivity index (χ1v) is 6.10. The second-order valence-corrected chi connectivity index (χ2v) is 5.60. The Bertz CT molecular complexity index is 534. The van der Waals surface area contributed by atoms with Gasteiger partial charge in [0.25, 0.3) is 0 Å². The monoisotopic (exact) mass is 228 g/mol. The molecule has 1 aromatic carbocycles. The van der Waals surface area contributed by atoms with Gasteiger partial charge < -0.3 is 0 Å². The van der Waals surface area contributed by atoms with Crippen LogP contribution < -0.4 is 0 Å². The lowest BCUT2D eigenvalue weighted by atomic mass is 9.97. The van der Waals surface area contributed by atoms with Gasteiger partial charge in [0.1, 0.15) is 11.6 Å². The van der Waals surface area contributed by atoms with Crippen LogP contribution in [0.4, 0.5) is 4.39 Å². The summed E-state index contributed by atoms with van der Waals surface area (Å²) in [7, 11) is -3.48. The summed E-state index contributed by atoms with van der Waals surface area (Å²) in [6.07, 6.45) is 0. The van der Waals surface area contributed by atoms with E-state index in [-0.39, 0.29) is 22.0 Å². The zero-order valence-corrected chi connectivity index (χ0v) is 8.84. The van der Waals surface area contributed by atoms with E-state index in [0.29, 0.717) is 0 Å². The van der Waals surface area contributed by atoms with E-state index < -0.39 is 21.6 Å². The van der Waals surface area contributed by atoms with Gasteiger partial charge in [-0.25, -0.2) is 12.8 Å². The minimum absolute atomic E-state index is 0.0324. The summed E-state index contributed by atoms with van der Waals surface area (Å²) in [5, 5.41) is 0. The van der Waals surface area contributed by atoms with Crippen molar-refractivity contribution < 1.29 is 17.6 Å². The Balaban J connectivity index is 2.75. The summed E-state index contributed by atoms with van der Waals surface area (Å²) >= 11 is 0. The Morgan fingerprint density at radius 2 is 2.13 bits per heavy atom. The summed E-state index contributed by atoms with van der Waals surface area (Å²) in [5.41, 5.74) is 0.0324. The number of halogens is 1. The molecule has 1 aromatic rings. The van der Waals surface area contributed by atoms with E-state index in [1.807, 2.05) is 0 Å². The quantitative estimate of drug-likeness (QED) is 0.727. The largest absolute Gasteiger partial charge is 0.299 e. The highest BCUT2D eigenvalue weighted by Crippen LogP contribution is 2.36. The molecule has 0 aromatic heterocycles. The van der Waals surface area contributed by atoms with E-state index in [4.69, 9.17) is 0 Å². The van der Waals surface area contributed by atoms with Gasteiger partial charge in [0.2, 0.25) is 0 Å². The van der Waals surface area contributed by atoms with Gasteiger partial charge in [0, 0.05) is 5.56 Å². The number of ketones is 1. The molecule has 1 atom stereocenters. The molecule has 0 N–H and O–H groups in total. The van der Waals surface area contributed by atoms with Crippen LogP contribution in [0.15, 0.2) is 23.1 Å². The van der Waals surface area contributed by atoms with Gasteiger partial charge in [-0.15, -0.1) is 0 Å². The number of benzene rings is 1. The highest BCUT2D eigenvalue weighted by molar-refractivity contribution is 7.91. The van der Waals surface area contributed by atoms with Crippen LogP contribution in [0.2, 0.25) is 0 Å². The van der Waals surface area contributed by atoms with Crippen molar-refractivity contribution in [3.63, 3.8) is 0 Å². The summed E-state index contributed by atoms with van der Waals surface area (Å²) in [6.45, 7) is 1.28. The normalized spacial score (nSPS) is 22.4. The fourth-order valence-electron chi connectivity index (χ4n) is 1.84. The van der Waals surface area contributed by atoms with Crippen LogP contribution in [-0.2, 0) is 14.6 Å². The third-order valence-corrected chi connectivity index (χ3v) is 4.37. The summed E-state index contributed by atoms with van der Waals surface area (Å²) < 4.78 is 36.6. The molecule has 1 aliphatic heterocycles. The molecule has 2 rings (SSSR count). The van der Waals surface area contributed by atoms with Gasteiger partial charge in [-0.2, -0.15) is 0 Å². The van der Waals surface area contributed by atoms with Crippen molar-refractivity contribution in [2.24, 2.45) is 0 Å². The number of Topliss-reactive ketones (excluding diaryl/α,β-unsaturated/α-hetero) is 1. The van der Waals surface area contributed by atoms with Crippen molar-refractivity contribution in [3.05, 3.63) is 29.6 Å². The molecule has 0 saturated carbocycles. The third kappa shape index (κ3) is 1.47. The van der Waals surface area contributed by atoms with Crippen LogP contribution in [-0.4, -0.2) is 20.0 Å². The van der Waals surface area contributed by atoms with Crippen LogP contribution in [0, 0.1) is 5.82 Å². The minimum Gasteiger partial charge on any atom is -0.299 e. The first-order valence-electron chi connectivity index (χ1n) is 4.45. The van der Waals surface area contributed by atoms with Crippen LogP contribution in [0.1, 0.15) is 18.4 Å². The van der Waals surface area contributed by atoms with Gasteiger partial charge in [-0.3, -0.25) is 4.79 Å². The topological polar surface area (TPSA) is 51.2 Å². The molecule has 3 nitrogen and oxygen atoms in total. The van der Waals surface area contributed by atoms with Crippen molar-refractivity contribution in [2.75, 3.05) is 5.75 Å². The van der Waals surface area contributed by atoms with Crippen LogP contribution >= 0.6 is 0 Å². The number of carbonyl (C=O) groups is 1. The molecule has 1 aliphatic rings. The van der Waals surface area contributed by atoms with E-state index in [2.05, 4.69) is 0 Å². The number of rotatable bonds is 1. The number of hydrogen-bond donors (Lipinski definition) is 0. The van der Waals surface area contributed by atoms with E-state index in [9.17, 15) is 17.6 Å². The molecule has 1 unspecified atom stereocenters. The Labute approximate surface area is 86.8 Å². The molecule has 0 fully saturated rings. The van der Waals surface area contributed by atoms with Crippen molar-refractivity contribution in [3.8, 4) is 0 Å². The van der Waals surface area contributed by atoms with Gasteiger partial charge in [0.05, 0.1) is 16.6 Å². The number of carbonyl (C=O) groups excluding carboxylic acids is 1. The fourth-order valence-corrected chi connectivity index (χ4v) is 3.72. The second-order valence-electron chi connectivity index (χ2n) is 3.60. The lowest BCUT2D eigenvalue weighted by molar-refractivity contribution is -0.118. The second kappa shape index (κ2) is 3.13. The predicted molar refractivity (Wildman–Crippen MR) is 51.9 cm³/mol. The summed E-state index contributed by atoms with van der Waals surface area (Å²) in [6, 6.07) is 3.86. The summed E-state index contributed by atoms with van der Waals surface area (Å²) in [5.74, 6) is -2.08. The van der Waals surface area contributed by atoms with Crippen molar-refractivity contribution in [1.82, 2.24) is 0 Å². The molecule has 0 aliphatic carbocycles. The Morgan fingerprint density at radius 3 is 2.73 bits per heavy atom. The van der Waals surface area contributed by atoms with Gasteiger partial charge in [0.15, 0.2) is 9.84 Å². The number of sulfone groups is 1. The smallest absolute Gasteiger partial charge is 0.179 e. The zero-order valence-electron chi connectivity index (χ0n) is 8.03. The Morgan fingerprint density at radius 1 is 1.47 bits per heavy atom. The molecule has 0 bridgehead atoms. The van der Waals surface area contributed by atoms with E-state index in [0.717, 1.165) is 0 Å². The van der Waals surface area contributed by atoms with E-state index in [1.54, 1.807) is 0 Å². The SMILES string of the molecule is CC(=O)C1CS(=O)(=O)c2cccc(F)c21. The summed E-state index contributed by atoms with van der Waals surface area (Å²) in [4.78, 5) is 11.2. The first-order chi connectivity index (χ1) is 6.93. The van der Waals surface area contributed by atoms with E-state index in [1.165, 1.54) is 25.1 Å². The van der Waals surface area contributed by atoms with Crippen molar-refractivity contribution in [2.45, 2.75) is 17.7 Å². The minimum atomic E-state index is -3.48. The van der Waals surface area contributed by atoms with Crippen LogP contribution in [0.5, 0.6) is 0 Å². The molecule has 80 valence electrons. The predicted octanol–water partition coefficient (Wildman–Crippen LogP) is 1.29. The lowest BCUT2D eigenvalue weighted by Gasteiger charge is -2.05. The Hall–Kier alpha value is -1.23. The average molecular weight is 228 g/mol. The lowest BCUT2D eigenvalue weighted by Crippen LogP contribution is -2.11. The molecule has 15 heavy (non-hydrogen) atoms. The third-order valence-electron chi connectivity index (χ3n) is 2.57. The van der Waals surface area contributed by atoms with Gasteiger partial charge in [-0.1, -0.05) is 6.07 Å². The molecule has 0 saturated heterocycles. The van der Waals surface area contributed by atoms with Gasteiger partial charge in [-0.05, 0) is 19.1 Å². The fraction of sp³-hybridized carbons (Fsp3) is 0.300. The standard InChI is InChI=1S/C10H9FO3S/c1-6(12)7-5-15(13,14)9-4-2-3-8(11)10(7)9/h2-4,7H,5H2,1H3. The molecular weight excluding hydrogens is 219 g/mol. The van der Waals surface area contributed by atoms with Crippen LogP contribution in [0.25, 0.3) is 0 Å². The van der Waals surface area contributed by atoms with Gasteiger partial charge >= 0.3 is 0 Å². The molecule has 0 amide bonds. The first kappa shape index (κ1) is 10.3. The molecule has 1 heterocycles. The molecule has 0 radical (unpaired) electrons. The maximum atomic E-state index is 13.4. The molecule has 5 heteroatoms.